The van der Waals surface area contributed by atoms with Gasteiger partial charge in [0.15, 0.2) is 0 Å². The first-order valence-corrected chi connectivity index (χ1v) is 19.1. The van der Waals surface area contributed by atoms with Crippen molar-refractivity contribution in [3.63, 3.8) is 0 Å². The smallest absolute Gasteiger partial charge is 0.251 e. The Kier molecular flexibility index (Phi) is 11.8. The Bertz CT molecular complexity index is 1780. The highest BCUT2D eigenvalue weighted by atomic mass is 35.5. The normalized spacial score (nSPS) is 26.7. The number of aliphatic hydroxyl groups excluding tert-OH is 2. The van der Waals surface area contributed by atoms with Crippen LogP contribution in [0.1, 0.15) is 62.0 Å². The first kappa shape index (κ1) is 39.0. The van der Waals surface area contributed by atoms with Gasteiger partial charge in [0, 0.05) is 60.0 Å². The molecule has 1 aliphatic heterocycles. The van der Waals surface area contributed by atoms with Crippen molar-refractivity contribution in [2.24, 2.45) is 29.1 Å². The molecule has 2 bridgehead atoms. The van der Waals surface area contributed by atoms with E-state index in [0.29, 0.717) is 47.1 Å². The first-order chi connectivity index (χ1) is 25.2. The SMILES string of the molecule is COc1c(CN2O[C@@H](CO)[C@@H]([C@H](C)O)[C@H]2C(=O)N[C@H]2C[C@@H]3C[C@H]([C@@H]2C)C3(C)C)cccc1-c1cc(C(=O)NCCc2ccc(Cl)cc2)cc(N(C)C)c1. The summed E-state index contributed by atoms with van der Waals surface area (Å²) in [6, 6.07) is 18.3. The van der Waals surface area contributed by atoms with Crippen LogP contribution in [-0.4, -0.2) is 85.7 Å². The van der Waals surface area contributed by atoms with Crippen LogP contribution < -0.4 is 20.3 Å². The Balaban J connectivity index is 1.25. The number of fused-ring (bicyclic) bond motifs is 2. The average molecular weight is 747 g/mol. The van der Waals surface area contributed by atoms with E-state index in [2.05, 4.69) is 31.4 Å². The number of halogens is 1. The zero-order valence-electron chi connectivity index (χ0n) is 31.9. The van der Waals surface area contributed by atoms with Gasteiger partial charge >= 0.3 is 0 Å². The zero-order valence-corrected chi connectivity index (χ0v) is 32.7. The van der Waals surface area contributed by atoms with Crippen LogP contribution in [0.2, 0.25) is 5.02 Å². The molecule has 4 N–H and O–H groups in total. The van der Waals surface area contributed by atoms with Gasteiger partial charge in [-0.1, -0.05) is 62.7 Å². The number of nitrogens with zero attached hydrogens (tertiary/aromatic N) is 2. The van der Waals surface area contributed by atoms with Gasteiger partial charge in [-0.25, -0.2) is 0 Å². The topological polar surface area (TPSA) is 124 Å². The fourth-order valence-electron chi connectivity index (χ4n) is 9.06. The number of carbonyl (C=O) groups is 2. The van der Waals surface area contributed by atoms with Crippen LogP contribution in [0, 0.1) is 29.1 Å². The number of carbonyl (C=O) groups excluding carboxylic acids is 2. The number of amides is 2. The molecule has 3 aromatic carbocycles. The van der Waals surface area contributed by atoms with Crippen molar-refractivity contribution in [1.82, 2.24) is 15.7 Å². The third-order valence-electron chi connectivity index (χ3n) is 12.3. The fourth-order valence-corrected chi connectivity index (χ4v) is 9.19. The lowest BCUT2D eigenvalue weighted by Crippen LogP contribution is -2.62. The summed E-state index contributed by atoms with van der Waals surface area (Å²) < 4.78 is 6.05. The van der Waals surface area contributed by atoms with Crippen molar-refractivity contribution < 1.29 is 29.4 Å². The van der Waals surface area contributed by atoms with E-state index in [0.717, 1.165) is 34.4 Å². The number of hydrogen-bond acceptors (Lipinski definition) is 8. The predicted molar refractivity (Wildman–Crippen MR) is 208 cm³/mol. The minimum Gasteiger partial charge on any atom is -0.496 e. The lowest BCUT2D eigenvalue weighted by molar-refractivity contribution is -0.183. The maximum absolute atomic E-state index is 14.2. The van der Waals surface area contributed by atoms with Gasteiger partial charge in [0.25, 0.3) is 5.91 Å². The third-order valence-corrected chi connectivity index (χ3v) is 12.6. The van der Waals surface area contributed by atoms with Gasteiger partial charge < -0.3 is 30.5 Å². The highest BCUT2D eigenvalue weighted by Gasteiger charge is 2.57. The maximum Gasteiger partial charge on any atom is 0.251 e. The summed E-state index contributed by atoms with van der Waals surface area (Å²) in [6.45, 7) is 8.83. The number of nitrogens with one attached hydrogen (secondary N) is 2. The second-order valence-corrected chi connectivity index (χ2v) is 16.5. The summed E-state index contributed by atoms with van der Waals surface area (Å²) in [7, 11) is 5.46. The van der Waals surface area contributed by atoms with Crippen molar-refractivity contribution in [3.8, 4) is 16.9 Å². The Morgan fingerprint density at radius 3 is 2.47 bits per heavy atom. The average Bonchev–Trinajstić information content (AvgIpc) is 3.51. The van der Waals surface area contributed by atoms with Crippen molar-refractivity contribution >= 4 is 29.1 Å². The van der Waals surface area contributed by atoms with Crippen molar-refractivity contribution in [1.29, 1.82) is 0 Å². The third kappa shape index (κ3) is 7.94. The molecule has 1 heterocycles. The molecule has 7 rings (SSSR count). The van der Waals surface area contributed by atoms with E-state index < -0.39 is 24.2 Å². The van der Waals surface area contributed by atoms with Crippen LogP contribution in [0.25, 0.3) is 11.1 Å². The van der Waals surface area contributed by atoms with Crippen LogP contribution in [0.3, 0.4) is 0 Å². The molecule has 8 atom stereocenters. The van der Waals surface area contributed by atoms with Crippen LogP contribution in [0.4, 0.5) is 5.69 Å². The second-order valence-electron chi connectivity index (χ2n) is 16.0. The van der Waals surface area contributed by atoms with Gasteiger partial charge in [0.1, 0.15) is 17.9 Å². The highest BCUT2D eigenvalue weighted by Crippen LogP contribution is 2.61. The van der Waals surface area contributed by atoms with E-state index in [1.54, 1.807) is 19.1 Å². The molecule has 2 amide bonds. The number of hydroxylamine groups is 2. The largest absolute Gasteiger partial charge is 0.496 e. The first-order valence-electron chi connectivity index (χ1n) is 18.8. The fraction of sp³-hybridized carbons (Fsp3) is 0.524. The van der Waals surface area contributed by atoms with E-state index in [1.807, 2.05) is 79.7 Å². The molecule has 11 heteroatoms. The molecular formula is C42H55ClN4O6. The number of benzene rings is 3. The van der Waals surface area contributed by atoms with Gasteiger partial charge in [0.2, 0.25) is 5.91 Å². The van der Waals surface area contributed by atoms with E-state index in [9.17, 15) is 19.8 Å². The van der Waals surface area contributed by atoms with Crippen molar-refractivity contribution in [3.05, 3.63) is 82.4 Å². The molecule has 0 unspecified atom stereocenters. The molecule has 4 fully saturated rings. The number of aliphatic hydroxyl groups is 2. The molecule has 3 aromatic rings. The summed E-state index contributed by atoms with van der Waals surface area (Å²) >= 11 is 6.03. The Hall–Kier alpha value is -3.67. The molecule has 3 saturated carbocycles. The van der Waals surface area contributed by atoms with Crippen LogP contribution >= 0.6 is 11.6 Å². The van der Waals surface area contributed by atoms with E-state index in [-0.39, 0.29) is 36.4 Å². The number of hydrogen-bond donors (Lipinski definition) is 4. The van der Waals surface area contributed by atoms with Crippen LogP contribution in [0.5, 0.6) is 5.75 Å². The molecule has 3 aliphatic carbocycles. The molecule has 0 aromatic heterocycles. The summed E-state index contributed by atoms with van der Waals surface area (Å²) in [5.74, 6) is 0.995. The van der Waals surface area contributed by atoms with Gasteiger partial charge in [0.05, 0.1) is 26.4 Å². The Morgan fingerprint density at radius 1 is 1.11 bits per heavy atom. The highest BCUT2D eigenvalue weighted by molar-refractivity contribution is 6.30. The number of ether oxygens (including phenoxy) is 1. The lowest BCUT2D eigenvalue weighted by atomic mass is 9.45. The molecule has 286 valence electrons. The number of para-hydroxylation sites is 1. The van der Waals surface area contributed by atoms with Crippen LogP contribution in [-0.2, 0) is 22.6 Å². The quantitative estimate of drug-likeness (QED) is 0.175. The van der Waals surface area contributed by atoms with E-state index in [4.69, 9.17) is 21.2 Å². The van der Waals surface area contributed by atoms with Gasteiger partial charge in [-0.3, -0.25) is 14.4 Å². The molecule has 1 saturated heterocycles. The standard InChI is InChI=1S/C42H55ClN4O6/c1-24-34-20-30(42(34,3)4)21-35(24)45-41(51)38-37(25(2)49)36(23-48)53-47(38)22-27-9-8-10-33(39(27)52-7)28-17-29(19-32(18-28)46(5)6)40(50)44-16-15-26-11-13-31(43)14-12-26/h8-14,17-19,24-25,30,34-38,48-49H,15-16,20-23H2,1-7H3,(H,44,50)(H,45,51)/t24-,25-,30-,34+,35-,36-,37+,38-/m0/s1. The minimum atomic E-state index is -0.901. The van der Waals surface area contributed by atoms with Crippen molar-refractivity contribution in [2.45, 2.75) is 77.8 Å². The van der Waals surface area contributed by atoms with E-state index >= 15 is 0 Å². The minimum absolute atomic E-state index is 0.0367. The predicted octanol–water partition coefficient (Wildman–Crippen LogP) is 5.71. The maximum atomic E-state index is 14.2. The number of methoxy groups -OCH3 is 1. The summed E-state index contributed by atoms with van der Waals surface area (Å²) in [5, 5.41) is 29.9. The Morgan fingerprint density at radius 2 is 1.85 bits per heavy atom. The zero-order chi connectivity index (χ0) is 38.2. The van der Waals surface area contributed by atoms with Gasteiger partial charge in [-0.05, 0) is 90.8 Å². The van der Waals surface area contributed by atoms with Crippen molar-refractivity contribution in [2.75, 3.05) is 39.3 Å². The van der Waals surface area contributed by atoms with Gasteiger partial charge in [-0.2, -0.15) is 5.06 Å². The molecular weight excluding hydrogens is 692 g/mol. The molecule has 0 radical (unpaired) electrons. The molecule has 0 spiro atoms. The molecule has 10 nitrogen and oxygen atoms in total. The van der Waals surface area contributed by atoms with E-state index in [1.165, 1.54) is 6.42 Å². The van der Waals surface area contributed by atoms with Gasteiger partial charge in [-0.15, -0.1) is 0 Å². The molecule has 53 heavy (non-hydrogen) atoms. The monoisotopic (exact) mass is 746 g/mol. The summed E-state index contributed by atoms with van der Waals surface area (Å²) in [6.07, 6.45) is 1.14. The number of rotatable bonds is 13. The second kappa shape index (κ2) is 16.0. The number of anilines is 1. The summed E-state index contributed by atoms with van der Waals surface area (Å²) in [4.78, 5) is 35.9. The Labute approximate surface area is 318 Å². The summed E-state index contributed by atoms with van der Waals surface area (Å²) in [5.41, 5.74) is 5.03. The lowest BCUT2D eigenvalue weighted by Gasteiger charge is -2.62. The molecule has 4 aliphatic rings. The van der Waals surface area contributed by atoms with Crippen LogP contribution in [0.15, 0.2) is 60.7 Å².